The minimum Gasteiger partial charge on any atom is -0.326 e. The van der Waals surface area contributed by atoms with Crippen molar-refractivity contribution in [3.05, 3.63) is 0 Å². The predicted octanol–water partition coefficient (Wildman–Crippen LogP) is 3.25. The van der Waals surface area contributed by atoms with E-state index in [1.165, 1.54) is 0 Å². The zero-order chi connectivity index (χ0) is 14.6. The third-order valence-electron chi connectivity index (χ3n) is 4.70. The number of amides is 1. The number of nitrogens with zero attached hydrogens (tertiary/aromatic N) is 1. The van der Waals surface area contributed by atoms with Gasteiger partial charge < -0.3 is 4.90 Å². The highest BCUT2D eigenvalue weighted by Gasteiger charge is 2.40. The molecular weight excluding hydrogens is 236 g/mol. The van der Waals surface area contributed by atoms with Crippen molar-refractivity contribution in [2.75, 3.05) is 6.54 Å². The summed E-state index contributed by atoms with van der Waals surface area (Å²) in [6.45, 7) is 14.1. The van der Waals surface area contributed by atoms with Crippen LogP contribution in [0.25, 0.3) is 0 Å². The molecule has 0 bridgehead atoms. The van der Waals surface area contributed by atoms with Gasteiger partial charge in [0.15, 0.2) is 0 Å². The zero-order valence-corrected chi connectivity index (χ0v) is 13.6. The molecule has 4 unspecified atom stereocenters. The summed E-state index contributed by atoms with van der Waals surface area (Å²) >= 11 is 0. The Hall–Kier alpha value is -0.570. The Kier molecular flexibility index (Phi) is 6.31. The van der Waals surface area contributed by atoms with Crippen LogP contribution in [0.5, 0.6) is 0 Å². The first-order valence-corrected chi connectivity index (χ1v) is 7.98. The predicted molar refractivity (Wildman–Crippen MR) is 80.8 cm³/mol. The van der Waals surface area contributed by atoms with Gasteiger partial charge in [-0.1, -0.05) is 54.4 Å². The Bertz CT molecular complexity index is 290. The van der Waals surface area contributed by atoms with E-state index in [-0.39, 0.29) is 12.2 Å². The van der Waals surface area contributed by atoms with Crippen LogP contribution in [-0.2, 0) is 4.79 Å². The molecule has 4 atom stereocenters. The maximum Gasteiger partial charge on any atom is 0.241 e. The molecule has 1 amide bonds. The smallest absolute Gasteiger partial charge is 0.241 e. The SMILES string of the molecule is CCCC1NC(C(C)CC)C(=O)N1CC(C)C(C)C. The van der Waals surface area contributed by atoms with Gasteiger partial charge in [0.25, 0.3) is 0 Å². The van der Waals surface area contributed by atoms with Gasteiger partial charge in [-0.25, -0.2) is 0 Å². The summed E-state index contributed by atoms with van der Waals surface area (Å²) < 4.78 is 0. The van der Waals surface area contributed by atoms with Crippen LogP contribution in [0, 0.1) is 17.8 Å². The monoisotopic (exact) mass is 268 g/mol. The van der Waals surface area contributed by atoms with E-state index >= 15 is 0 Å². The van der Waals surface area contributed by atoms with E-state index in [0.29, 0.717) is 23.7 Å². The van der Waals surface area contributed by atoms with Gasteiger partial charge in [-0.2, -0.15) is 0 Å². The van der Waals surface area contributed by atoms with Crippen molar-refractivity contribution in [1.82, 2.24) is 10.2 Å². The molecule has 0 radical (unpaired) electrons. The van der Waals surface area contributed by atoms with Crippen LogP contribution < -0.4 is 5.32 Å². The maximum atomic E-state index is 12.6. The summed E-state index contributed by atoms with van der Waals surface area (Å²) in [7, 11) is 0. The van der Waals surface area contributed by atoms with Crippen molar-refractivity contribution >= 4 is 5.91 Å². The van der Waals surface area contributed by atoms with Crippen LogP contribution in [-0.4, -0.2) is 29.6 Å². The van der Waals surface area contributed by atoms with E-state index in [9.17, 15) is 4.79 Å². The second-order valence-corrected chi connectivity index (χ2v) is 6.55. The third kappa shape index (κ3) is 3.95. The summed E-state index contributed by atoms with van der Waals surface area (Å²) in [5, 5.41) is 3.56. The largest absolute Gasteiger partial charge is 0.326 e. The standard InChI is InChI=1S/C16H32N2O/c1-7-9-14-17-15(12(5)8-2)16(19)18(14)10-13(6)11(3)4/h11-15,17H,7-10H2,1-6H3. The number of nitrogens with one attached hydrogen (secondary N) is 1. The Morgan fingerprint density at radius 1 is 1.21 bits per heavy atom. The third-order valence-corrected chi connectivity index (χ3v) is 4.70. The van der Waals surface area contributed by atoms with Crippen molar-refractivity contribution in [2.45, 2.75) is 73.0 Å². The first-order valence-electron chi connectivity index (χ1n) is 7.98. The average Bonchev–Trinajstić information content (AvgIpc) is 2.67. The van der Waals surface area contributed by atoms with Gasteiger partial charge in [0, 0.05) is 6.54 Å². The summed E-state index contributed by atoms with van der Waals surface area (Å²) in [4.78, 5) is 14.7. The van der Waals surface area contributed by atoms with E-state index < -0.39 is 0 Å². The number of hydrogen-bond donors (Lipinski definition) is 1. The molecule has 0 saturated carbocycles. The molecule has 0 spiro atoms. The minimum atomic E-state index is 0.0286. The summed E-state index contributed by atoms with van der Waals surface area (Å²) in [5.41, 5.74) is 0. The van der Waals surface area contributed by atoms with Crippen LogP contribution in [0.15, 0.2) is 0 Å². The normalized spacial score (nSPS) is 27.1. The molecule has 3 nitrogen and oxygen atoms in total. The van der Waals surface area contributed by atoms with Gasteiger partial charge in [0.1, 0.15) is 0 Å². The summed E-state index contributed by atoms with van der Waals surface area (Å²) in [5.74, 6) is 1.92. The maximum absolute atomic E-state index is 12.6. The Morgan fingerprint density at radius 3 is 2.32 bits per heavy atom. The van der Waals surface area contributed by atoms with E-state index in [4.69, 9.17) is 0 Å². The molecule has 0 aliphatic carbocycles. The van der Waals surface area contributed by atoms with E-state index in [1.807, 2.05) is 0 Å². The van der Waals surface area contributed by atoms with E-state index in [0.717, 1.165) is 25.8 Å². The second-order valence-electron chi connectivity index (χ2n) is 6.55. The molecule has 0 aromatic carbocycles. The van der Waals surface area contributed by atoms with Crippen molar-refractivity contribution in [1.29, 1.82) is 0 Å². The van der Waals surface area contributed by atoms with E-state index in [1.54, 1.807) is 0 Å². The van der Waals surface area contributed by atoms with Crippen molar-refractivity contribution in [3.8, 4) is 0 Å². The van der Waals surface area contributed by atoms with E-state index in [2.05, 4.69) is 51.8 Å². The Labute approximate surface area is 119 Å². The summed E-state index contributed by atoms with van der Waals surface area (Å²) in [6.07, 6.45) is 3.47. The Balaban J connectivity index is 2.77. The molecule has 0 aromatic heterocycles. The number of carbonyl (C=O) groups is 1. The van der Waals surface area contributed by atoms with Crippen LogP contribution in [0.3, 0.4) is 0 Å². The lowest BCUT2D eigenvalue weighted by Gasteiger charge is -2.28. The second kappa shape index (κ2) is 7.28. The van der Waals surface area contributed by atoms with Gasteiger partial charge in [0.2, 0.25) is 5.91 Å². The zero-order valence-electron chi connectivity index (χ0n) is 13.6. The molecule has 1 fully saturated rings. The fraction of sp³-hybridized carbons (Fsp3) is 0.938. The molecule has 0 aromatic rings. The molecule has 3 heteroatoms. The van der Waals surface area contributed by atoms with Gasteiger partial charge in [-0.3, -0.25) is 10.1 Å². The van der Waals surface area contributed by atoms with Gasteiger partial charge in [-0.05, 0) is 24.2 Å². The fourth-order valence-electron chi connectivity index (χ4n) is 2.60. The molecular formula is C16H32N2O. The highest BCUT2D eigenvalue weighted by atomic mass is 16.2. The van der Waals surface area contributed by atoms with Gasteiger partial charge in [0.05, 0.1) is 12.2 Å². The molecule has 1 aliphatic rings. The van der Waals surface area contributed by atoms with Gasteiger partial charge in [-0.15, -0.1) is 0 Å². The van der Waals surface area contributed by atoms with Crippen LogP contribution in [0.1, 0.15) is 60.8 Å². The summed E-state index contributed by atoms with van der Waals surface area (Å²) in [6, 6.07) is 0.0286. The average molecular weight is 268 g/mol. The lowest BCUT2D eigenvalue weighted by atomic mass is 9.96. The number of carbonyl (C=O) groups excluding carboxylic acids is 1. The number of hydrogen-bond acceptors (Lipinski definition) is 2. The molecule has 1 N–H and O–H groups in total. The molecule has 112 valence electrons. The van der Waals surface area contributed by atoms with Gasteiger partial charge >= 0.3 is 0 Å². The minimum absolute atomic E-state index is 0.0286. The topological polar surface area (TPSA) is 32.3 Å². The van der Waals surface area contributed by atoms with Crippen LogP contribution >= 0.6 is 0 Å². The fourth-order valence-corrected chi connectivity index (χ4v) is 2.60. The number of rotatable bonds is 7. The highest BCUT2D eigenvalue weighted by Crippen LogP contribution is 2.24. The first kappa shape index (κ1) is 16.5. The highest BCUT2D eigenvalue weighted by molar-refractivity contribution is 5.84. The lowest BCUT2D eigenvalue weighted by molar-refractivity contribution is -0.131. The first-order chi connectivity index (χ1) is 8.92. The van der Waals surface area contributed by atoms with Crippen LogP contribution in [0.4, 0.5) is 0 Å². The lowest BCUT2D eigenvalue weighted by Crippen LogP contribution is -2.40. The van der Waals surface area contributed by atoms with Crippen molar-refractivity contribution < 1.29 is 4.79 Å². The molecule has 1 saturated heterocycles. The molecule has 1 aliphatic heterocycles. The molecule has 19 heavy (non-hydrogen) atoms. The Morgan fingerprint density at radius 2 is 1.84 bits per heavy atom. The molecule has 1 heterocycles. The molecule has 1 rings (SSSR count). The van der Waals surface area contributed by atoms with Crippen LogP contribution in [0.2, 0.25) is 0 Å². The quantitative estimate of drug-likeness (QED) is 0.768. The van der Waals surface area contributed by atoms with Crippen molar-refractivity contribution in [3.63, 3.8) is 0 Å². The van der Waals surface area contributed by atoms with Crippen molar-refractivity contribution in [2.24, 2.45) is 17.8 Å².